The van der Waals surface area contributed by atoms with E-state index in [1.807, 2.05) is 49.0 Å². The third-order valence-corrected chi connectivity index (χ3v) is 7.83. The van der Waals surface area contributed by atoms with Crippen LogP contribution in [0.4, 0.5) is 0 Å². The second-order valence-electron chi connectivity index (χ2n) is 11.4. The van der Waals surface area contributed by atoms with Gasteiger partial charge in [0.15, 0.2) is 0 Å². The third-order valence-electron chi connectivity index (χ3n) is 7.83. The van der Waals surface area contributed by atoms with Gasteiger partial charge in [0, 0.05) is 19.4 Å². The molecule has 5 nitrogen and oxygen atoms in total. The van der Waals surface area contributed by atoms with Gasteiger partial charge < -0.3 is 14.0 Å². The molecule has 36 heavy (non-hydrogen) atoms. The third kappa shape index (κ3) is 5.35. The zero-order chi connectivity index (χ0) is 26.1. The van der Waals surface area contributed by atoms with Crippen molar-refractivity contribution in [1.82, 2.24) is 9.55 Å². The van der Waals surface area contributed by atoms with Crippen LogP contribution in [0.5, 0.6) is 5.75 Å². The Bertz CT molecular complexity index is 1220. The van der Waals surface area contributed by atoms with Crippen LogP contribution in [0, 0.1) is 6.92 Å². The van der Waals surface area contributed by atoms with Crippen LogP contribution in [-0.4, -0.2) is 22.1 Å². The number of hydrogen-bond donors (Lipinski definition) is 0. The lowest BCUT2D eigenvalue weighted by molar-refractivity contribution is -0.143. The quantitative estimate of drug-likeness (QED) is 0.329. The Balaban J connectivity index is 1.53. The number of aryl methyl sites for hydroxylation is 2. The number of carbonyl (C=O) groups excluding carboxylic acids is 1. The summed E-state index contributed by atoms with van der Waals surface area (Å²) in [5.41, 5.74) is 6.84. The van der Waals surface area contributed by atoms with E-state index in [4.69, 9.17) is 9.47 Å². The smallest absolute Gasteiger partial charge is 0.306 e. The number of benzene rings is 2. The van der Waals surface area contributed by atoms with Gasteiger partial charge in [0.2, 0.25) is 0 Å². The van der Waals surface area contributed by atoms with Gasteiger partial charge >= 0.3 is 5.97 Å². The lowest BCUT2D eigenvalue weighted by Gasteiger charge is -2.42. The average molecular weight is 489 g/mol. The number of hydrogen-bond acceptors (Lipinski definition) is 4. The monoisotopic (exact) mass is 488 g/mol. The van der Waals surface area contributed by atoms with Crippen molar-refractivity contribution in [3.63, 3.8) is 0 Å². The fraction of sp³-hybridized carbons (Fsp3) is 0.484. The molecule has 192 valence electrons. The number of rotatable bonds is 8. The molecule has 4 rings (SSSR count). The van der Waals surface area contributed by atoms with Gasteiger partial charge in [-0.1, -0.05) is 52.0 Å². The summed E-state index contributed by atoms with van der Waals surface area (Å²) in [4.78, 5) is 16.8. The highest BCUT2D eigenvalue weighted by Gasteiger charge is 2.37. The molecule has 2 aromatic carbocycles. The molecule has 0 bridgehead atoms. The van der Waals surface area contributed by atoms with Crippen molar-refractivity contribution in [2.45, 2.75) is 84.2 Å². The van der Waals surface area contributed by atoms with Crippen molar-refractivity contribution in [2.75, 3.05) is 6.61 Å². The van der Waals surface area contributed by atoms with Crippen LogP contribution in [0.25, 0.3) is 0 Å². The summed E-state index contributed by atoms with van der Waals surface area (Å²) in [5.74, 6) is 1.25. The zero-order valence-electron chi connectivity index (χ0n) is 22.9. The maximum absolute atomic E-state index is 12.3. The molecule has 0 saturated heterocycles. The predicted molar refractivity (Wildman–Crippen MR) is 144 cm³/mol. The van der Waals surface area contributed by atoms with E-state index in [1.165, 1.54) is 35.1 Å². The van der Waals surface area contributed by atoms with Crippen molar-refractivity contribution in [3.8, 4) is 5.75 Å². The van der Waals surface area contributed by atoms with Crippen molar-refractivity contribution in [2.24, 2.45) is 7.05 Å². The molecule has 5 heteroatoms. The van der Waals surface area contributed by atoms with E-state index in [1.54, 1.807) is 6.20 Å². The predicted octanol–water partition coefficient (Wildman–Crippen LogP) is 6.74. The average Bonchev–Trinajstić information content (AvgIpc) is 3.25. The molecule has 0 fully saturated rings. The summed E-state index contributed by atoms with van der Waals surface area (Å²) >= 11 is 0. The first-order valence-electron chi connectivity index (χ1n) is 13.0. The molecule has 0 radical (unpaired) electrons. The normalized spacial score (nSPS) is 16.8. The SMILES string of the molecule is CCOC(=O)CC(c1ccc(OCc2cc3c(cc2C)C(C)(C)CCC3(C)C)cc1)c1nccn1C. The topological polar surface area (TPSA) is 53.4 Å². The number of aromatic nitrogens is 2. The Morgan fingerprint density at radius 2 is 1.69 bits per heavy atom. The van der Waals surface area contributed by atoms with E-state index in [2.05, 4.69) is 51.7 Å². The molecule has 1 heterocycles. The molecule has 0 spiro atoms. The summed E-state index contributed by atoms with van der Waals surface area (Å²) in [6.07, 6.45) is 6.31. The zero-order valence-corrected chi connectivity index (χ0v) is 22.9. The summed E-state index contributed by atoms with van der Waals surface area (Å²) in [6, 6.07) is 12.8. The Morgan fingerprint density at radius 1 is 1.06 bits per heavy atom. The van der Waals surface area contributed by atoms with Gasteiger partial charge in [0.05, 0.1) is 18.9 Å². The molecule has 1 atom stereocenters. The Morgan fingerprint density at radius 3 is 2.28 bits per heavy atom. The Kier molecular flexibility index (Phi) is 7.31. The van der Waals surface area contributed by atoms with Crippen LogP contribution in [0.2, 0.25) is 0 Å². The largest absolute Gasteiger partial charge is 0.489 e. The van der Waals surface area contributed by atoms with Crippen molar-refractivity contribution in [1.29, 1.82) is 0 Å². The summed E-state index contributed by atoms with van der Waals surface area (Å²) in [5, 5.41) is 0. The highest BCUT2D eigenvalue weighted by molar-refractivity contribution is 5.71. The molecule has 1 unspecified atom stereocenters. The van der Waals surface area contributed by atoms with Gasteiger partial charge in [-0.2, -0.15) is 0 Å². The maximum atomic E-state index is 12.3. The minimum absolute atomic E-state index is 0.174. The van der Waals surface area contributed by atoms with Gasteiger partial charge in [-0.15, -0.1) is 0 Å². The number of imidazole rings is 1. The van der Waals surface area contributed by atoms with E-state index in [-0.39, 0.29) is 29.1 Å². The van der Waals surface area contributed by atoms with Crippen LogP contribution < -0.4 is 4.74 Å². The highest BCUT2D eigenvalue weighted by Crippen LogP contribution is 2.46. The minimum Gasteiger partial charge on any atom is -0.489 e. The van der Waals surface area contributed by atoms with Crippen molar-refractivity contribution in [3.05, 3.63) is 82.4 Å². The van der Waals surface area contributed by atoms with Gasteiger partial charge in [-0.05, 0) is 77.5 Å². The van der Waals surface area contributed by atoms with E-state index < -0.39 is 0 Å². The molecule has 0 amide bonds. The molecule has 0 N–H and O–H groups in total. The van der Waals surface area contributed by atoms with Gasteiger partial charge in [0.1, 0.15) is 18.2 Å². The molecular weight excluding hydrogens is 448 g/mol. The highest BCUT2D eigenvalue weighted by atomic mass is 16.5. The Hall–Kier alpha value is -3.08. The number of nitrogens with zero attached hydrogens (tertiary/aromatic N) is 2. The van der Waals surface area contributed by atoms with E-state index in [0.29, 0.717) is 13.2 Å². The standard InChI is InChI=1S/C31H40N2O3/c1-8-35-28(34)19-25(29-32-15-16-33(29)7)22-9-11-24(12-10-22)36-20-23-18-27-26(17-21(23)2)30(3,4)13-14-31(27,5)6/h9-12,15-18,25H,8,13-14,19-20H2,1-7H3. The fourth-order valence-corrected chi connectivity index (χ4v) is 5.34. The van der Waals surface area contributed by atoms with Gasteiger partial charge in [0.25, 0.3) is 0 Å². The van der Waals surface area contributed by atoms with Gasteiger partial charge in [-0.25, -0.2) is 4.98 Å². The molecule has 0 saturated carbocycles. The van der Waals surface area contributed by atoms with Gasteiger partial charge in [-0.3, -0.25) is 4.79 Å². The number of ether oxygens (including phenoxy) is 2. The van der Waals surface area contributed by atoms with E-state index in [0.717, 1.165) is 17.1 Å². The first-order valence-corrected chi connectivity index (χ1v) is 13.0. The minimum atomic E-state index is -0.222. The second-order valence-corrected chi connectivity index (χ2v) is 11.4. The van der Waals surface area contributed by atoms with Crippen molar-refractivity contribution >= 4 is 5.97 Å². The number of esters is 1. The molecule has 3 aromatic rings. The van der Waals surface area contributed by atoms with E-state index >= 15 is 0 Å². The molecule has 1 aliphatic carbocycles. The summed E-state index contributed by atoms with van der Waals surface area (Å²) < 4.78 is 13.4. The Labute approximate surface area is 215 Å². The molecule has 0 aliphatic heterocycles. The summed E-state index contributed by atoms with van der Waals surface area (Å²) in [6.45, 7) is 14.3. The number of carbonyl (C=O) groups is 1. The number of fused-ring (bicyclic) bond motifs is 1. The first kappa shape index (κ1) is 26.0. The van der Waals surface area contributed by atoms with Crippen LogP contribution in [0.1, 0.15) is 93.4 Å². The van der Waals surface area contributed by atoms with Crippen LogP contribution in [-0.2, 0) is 34.0 Å². The lowest BCUT2D eigenvalue weighted by Crippen LogP contribution is -2.34. The van der Waals surface area contributed by atoms with Crippen LogP contribution >= 0.6 is 0 Å². The molecule has 1 aliphatic rings. The molecule has 1 aromatic heterocycles. The maximum Gasteiger partial charge on any atom is 0.306 e. The summed E-state index contributed by atoms with van der Waals surface area (Å²) in [7, 11) is 1.95. The first-order chi connectivity index (χ1) is 17.0. The fourth-order valence-electron chi connectivity index (χ4n) is 5.34. The van der Waals surface area contributed by atoms with Crippen molar-refractivity contribution < 1.29 is 14.3 Å². The molecular formula is C31H40N2O3. The lowest BCUT2D eigenvalue weighted by atomic mass is 9.62. The van der Waals surface area contributed by atoms with Crippen LogP contribution in [0.3, 0.4) is 0 Å². The van der Waals surface area contributed by atoms with Crippen LogP contribution in [0.15, 0.2) is 48.8 Å². The van der Waals surface area contributed by atoms with E-state index in [9.17, 15) is 4.79 Å². The second kappa shape index (κ2) is 10.1.